The number of ketones is 1. The lowest BCUT2D eigenvalue weighted by Crippen LogP contribution is -2.58. The summed E-state index contributed by atoms with van der Waals surface area (Å²) in [5.74, 6) is -3.96. The van der Waals surface area contributed by atoms with Gasteiger partial charge < -0.3 is 25.0 Å². The molecule has 0 spiro atoms. The van der Waals surface area contributed by atoms with Crippen molar-refractivity contribution >= 4 is 45.7 Å². The molecule has 0 aromatic heterocycles. The molecular weight excluding hydrogens is 750 g/mol. The minimum absolute atomic E-state index is 0.0481. The van der Waals surface area contributed by atoms with E-state index in [9.17, 15) is 41.6 Å². The SMILES string of the molecule is C=C[C@@H]1C[C@]1(NC(=O)[C@@H]1C[C@@H](OC(=O)N2Cc3cccc(F)c3C2)CN1C(=O)[C@@H](CCC(=O)/C=C\C(C)(C)C)NC(=O)OC(C)(C)C)C(=O)NS(=O)(=O)C1CC1. The topological polar surface area (TPSA) is 198 Å². The van der Waals surface area contributed by atoms with Crippen molar-refractivity contribution in [1.82, 2.24) is 25.2 Å². The summed E-state index contributed by atoms with van der Waals surface area (Å²) in [5, 5.41) is 4.50. The first-order chi connectivity index (χ1) is 26.0. The number of halogens is 1. The van der Waals surface area contributed by atoms with Gasteiger partial charge in [0.15, 0.2) is 5.78 Å². The Morgan fingerprint density at radius 3 is 2.36 bits per heavy atom. The van der Waals surface area contributed by atoms with Gasteiger partial charge in [0.05, 0.1) is 18.3 Å². The molecule has 0 unspecified atom stereocenters. The minimum Gasteiger partial charge on any atom is -0.444 e. The molecule has 1 saturated heterocycles. The van der Waals surface area contributed by atoms with Crippen LogP contribution in [0.25, 0.3) is 0 Å². The van der Waals surface area contributed by atoms with Gasteiger partial charge in [-0.2, -0.15) is 0 Å². The van der Waals surface area contributed by atoms with Crippen molar-refractivity contribution in [3.8, 4) is 0 Å². The van der Waals surface area contributed by atoms with Crippen LogP contribution in [0.5, 0.6) is 0 Å². The second-order valence-electron chi connectivity index (χ2n) is 17.1. The molecule has 306 valence electrons. The summed E-state index contributed by atoms with van der Waals surface area (Å²) in [7, 11) is -3.97. The molecule has 0 bridgehead atoms. The van der Waals surface area contributed by atoms with E-state index in [0.717, 1.165) is 4.90 Å². The van der Waals surface area contributed by atoms with Gasteiger partial charge in [-0.05, 0) is 69.6 Å². The van der Waals surface area contributed by atoms with Crippen LogP contribution in [0.1, 0.15) is 91.2 Å². The number of rotatable bonds is 13. The molecule has 3 N–H and O–H groups in total. The molecule has 56 heavy (non-hydrogen) atoms. The van der Waals surface area contributed by atoms with E-state index in [4.69, 9.17) is 9.47 Å². The predicted octanol–water partition coefficient (Wildman–Crippen LogP) is 3.76. The molecule has 2 heterocycles. The minimum atomic E-state index is -3.97. The molecule has 17 heteroatoms. The molecule has 2 saturated carbocycles. The van der Waals surface area contributed by atoms with Gasteiger partial charge in [-0.25, -0.2) is 22.4 Å². The second-order valence-corrected chi connectivity index (χ2v) is 19.0. The summed E-state index contributed by atoms with van der Waals surface area (Å²) in [6.07, 6.45) is 2.01. The number of hydrogen-bond acceptors (Lipinski definition) is 10. The van der Waals surface area contributed by atoms with E-state index in [1.165, 1.54) is 29.2 Å². The summed E-state index contributed by atoms with van der Waals surface area (Å²) in [6, 6.07) is 1.77. The number of fused-ring (bicyclic) bond motifs is 1. The molecule has 15 nitrogen and oxygen atoms in total. The fraction of sp³-hybridized carbons (Fsp3) is 0.590. The van der Waals surface area contributed by atoms with Crippen LogP contribution in [0.15, 0.2) is 43.0 Å². The van der Waals surface area contributed by atoms with Crippen molar-refractivity contribution < 1.29 is 51.0 Å². The monoisotopic (exact) mass is 801 g/mol. The average Bonchev–Trinajstić information content (AvgIpc) is 3.98. The lowest BCUT2D eigenvalue weighted by molar-refractivity contribution is -0.141. The van der Waals surface area contributed by atoms with Gasteiger partial charge in [-0.1, -0.05) is 45.1 Å². The van der Waals surface area contributed by atoms with Gasteiger partial charge >= 0.3 is 12.2 Å². The molecule has 2 aliphatic carbocycles. The van der Waals surface area contributed by atoms with Crippen LogP contribution in [-0.4, -0.2) is 95.0 Å². The van der Waals surface area contributed by atoms with E-state index in [0.29, 0.717) is 24.0 Å². The number of nitrogens with zero attached hydrogens (tertiary/aromatic N) is 2. The van der Waals surface area contributed by atoms with Crippen LogP contribution in [0.2, 0.25) is 0 Å². The van der Waals surface area contributed by atoms with Gasteiger partial charge in [0, 0.05) is 30.9 Å². The molecule has 4 aliphatic rings. The fourth-order valence-corrected chi connectivity index (χ4v) is 8.11. The molecule has 2 aliphatic heterocycles. The lowest BCUT2D eigenvalue weighted by Gasteiger charge is -2.30. The van der Waals surface area contributed by atoms with Gasteiger partial charge in [-0.3, -0.25) is 28.8 Å². The van der Waals surface area contributed by atoms with E-state index in [1.54, 1.807) is 32.9 Å². The summed E-state index contributed by atoms with van der Waals surface area (Å²) in [6.45, 7) is 14.1. The Bertz CT molecular complexity index is 1920. The van der Waals surface area contributed by atoms with Crippen LogP contribution >= 0.6 is 0 Å². The zero-order valence-corrected chi connectivity index (χ0v) is 33.5. The van der Waals surface area contributed by atoms with Crippen molar-refractivity contribution in [2.75, 3.05) is 6.54 Å². The highest BCUT2D eigenvalue weighted by Crippen LogP contribution is 2.45. The zero-order chi connectivity index (χ0) is 41.4. The Balaban J connectivity index is 1.39. The number of nitrogens with one attached hydrogen (secondary N) is 3. The van der Waals surface area contributed by atoms with E-state index < -0.39 is 86.2 Å². The average molecular weight is 802 g/mol. The highest BCUT2D eigenvalue weighted by Gasteiger charge is 2.62. The van der Waals surface area contributed by atoms with Gasteiger partial charge in [0.2, 0.25) is 21.8 Å². The highest BCUT2D eigenvalue weighted by molar-refractivity contribution is 7.91. The summed E-state index contributed by atoms with van der Waals surface area (Å²) in [5.41, 5.74) is -1.95. The van der Waals surface area contributed by atoms with Crippen LogP contribution in [0.3, 0.4) is 0 Å². The standard InChI is InChI=1S/C39H52FN5O10S/c1-8-24-19-39(24,34(49)43-56(52,53)27-13-14-27)42-32(47)31-18-26(54-36(51)44-20-23-10-9-11-29(40)28(23)22-44)21-45(31)33(48)30(41-35(50)55-38(5,6)7)15-12-25(46)16-17-37(2,3)4/h8-11,16-17,24,26-27,30-31H,1,12-15,18-22H2,2-7H3,(H,41,50)(H,42,47)(H,43,49)/b17-16-/t24-,26-,30-,31+,39-/m1/s1. The lowest BCUT2D eigenvalue weighted by atomic mass is 9.95. The Labute approximate surface area is 326 Å². The van der Waals surface area contributed by atoms with Crippen LogP contribution in [-0.2, 0) is 51.8 Å². The van der Waals surface area contributed by atoms with E-state index in [-0.39, 0.29) is 56.5 Å². The first-order valence-electron chi connectivity index (χ1n) is 18.8. The third-order valence-corrected chi connectivity index (χ3v) is 11.8. The van der Waals surface area contributed by atoms with Crippen molar-refractivity contribution in [3.63, 3.8) is 0 Å². The van der Waals surface area contributed by atoms with Gasteiger partial charge in [0.1, 0.15) is 35.1 Å². The number of sulfonamides is 1. The molecule has 1 aromatic rings. The van der Waals surface area contributed by atoms with Gasteiger partial charge in [-0.15, -0.1) is 6.58 Å². The van der Waals surface area contributed by atoms with E-state index >= 15 is 0 Å². The molecule has 5 rings (SSSR count). The van der Waals surface area contributed by atoms with Gasteiger partial charge in [0.25, 0.3) is 5.91 Å². The summed E-state index contributed by atoms with van der Waals surface area (Å²) in [4.78, 5) is 83.8. The first-order valence-corrected chi connectivity index (χ1v) is 20.3. The third-order valence-electron chi connectivity index (χ3n) is 9.99. The Morgan fingerprint density at radius 1 is 1.07 bits per heavy atom. The molecule has 5 atom stereocenters. The maximum absolute atomic E-state index is 14.5. The highest BCUT2D eigenvalue weighted by atomic mass is 32.2. The second kappa shape index (κ2) is 16.0. The quantitative estimate of drug-likeness (QED) is 0.195. The number of likely N-dealkylation sites (tertiary alicyclic amines) is 1. The maximum Gasteiger partial charge on any atom is 0.410 e. The van der Waals surface area contributed by atoms with Crippen molar-refractivity contribution in [3.05, 3.63) is 60.0 Å². The van der Waals surface area contributed by atoms with Crippen LogP contribution in [0, 0.1) is 17.2 Å². The number of hydrogen-bond donors (Lipinski definition) is 3. The molecule has 3 fully saturated rings. The number of alkyl carbamates (subject to hydrolysis) is 1. The normalized spacial score (nSPS) is 23.9. The Morgan fingerprint density at radius 2 is 1.77 bits per heavy atom. The third kappa shape index (κ3) is 10.3. The predicted molar refractivity (Wildman–Crippen MR) is 201 cm³/mol. The summed E-state index contributed by atoms with van der Waals surface area (Å²) >= 11 is 0. The van der Waals surface area contributed by atoms with Crippen LogP contribution in [0.4, 0.5) is 14.0 Å². The number of carbonyl (C=O) groups is 6. The van der Waals surface area contributed by atoms with E-state index in [1.807, 2.05) is 20.8 Å². The molecular formula is C39H52FN5O10S. The Kier molecular flexibility index (Phi) is 12.1. The Hall–Kier alpha value is -4.80. The zero-order valence-electron chi connectivity index (χ0n) is 32.7. The van der Waals surface area contributed by atoms with E-state index in [2.05, 4.69) is 21.9 Å². The first kappa shape index (κ1) is 42.3. The maximum atomic E-state index is 14.5. The van der Waals surface area contributed by atoms with Crippen molar-refractivity contribution in [2.24, 2.45) is 11.3 Å². The number of carbonyl (C=O) groups excluding carboxylic acids is 6. The van der Waals surface area contributed by atoms with Crippen molar-refractivity contribution in [1.29, 1.82) is 0 Å². The number of amides is 5. The van der Waals surface area contributed by atoms with Crippen molar-refractivity contribution in [2.45, 2.75) is 128 Å². The number of allylic oxidation sites excluding steroid dienone is 2. The largest absolute Gasteiger partial charge is 0.444 e. The van der Waals surface area contributed by atoms with Crippen LogP contribution < -0.4 is 15.4 Å². The molecule has 5 amide bonds. The molecule has 0 radical (unpaired) electrons. The molecule has 1 aromatic carbocycles. The summed E-state index contributed by atoms with van der Waals surface area (Å²) < 4.78 is 53.1. The number of ether oxygens (including phenoxy) is 2. The number of benzene rings is 1. The fourth-order valence-electron chi connectivity index (χ4n) is 6.74. The smallest absolute Gasteiger partial charge is 0.410 e.